The summed E-state index contributed by atoms with van der Waals surface area (Å²) in [5.74, 6) is 1.55. The average molecular weight is 365 g/mol. The lowest BCUT2D eigenvalue weighted by Gasteiger charge is -2.31. The lowest BCUT2D eigenvalue weighted by Crippen LogP contribution is -2.39. The zero-order valence-corrected chi connectivity index (χ0v) is 15.9. The van der Waals surface area contributed by atoms with Crippen LogP contribution in [0.2, 0.25) is 0 Å². The molecule has 6 heteroatoms. The van der Waals surface area contributed by atoms with Gasteiger partial charge in [0.1, 0.15) is 5.75 Å². The normalized spacial score (nSPS) is 14.8. The van der Waals surface area contributed by atoms with Crippen LogP contribution in [0.1, 0.15) is 37.7 Å². The molecule has 2 amide bonds. The molecule has 0 atom stereocenters. The molecule has 0 unspecified atom stereocenters. The quantitative estimate of drug-likeness (QED) is 0.771. The van der Waals surface area contributed by atoms with Crippen molar-refractivity contribution in [2.45, 2.75) is 44.7 Å². The summed E-state index contributed by atoms with van der Waals surface area (Å²) in [5, 5.41) is 2.88. The summed E-state index contributed by atoms with van der Waals surface area (Å²) in [7, 11) is 3.52. The number of amides is 2. The number of benzene rings is 1. The molecule has 0 aromatic heterocycles. The SMILES string of the molecule is COc1ccc(CNC(=O)CSCC(=O)N(C)C2CCCCC2)cc1. The van der Waals surface area contributed by atoms with Gasteiger partial charge in [0.05, 0.1) is 18.6 Å². The zero-order chi connectivity index (χ0) is 18.1. The van der Waals surface area contributed by atoms with E-state index in [4.69, 9.17) is 4.74 Å². The van der Waals surface area contributed by atoms with Gasteiger partial charge in [-0.05, 0) is 30.5 Å². The van der Waals surface area contributed by atoms with E-state index in [9.17, 15) is 9.59 Å². The van der Waals surface area contributed by atoms with Crippen molar-refractivity contribution < 1.29 is 14.3 Å². The molecule has 1 aliphatic carbocycles. The van der Waals surface area contributed by atoms with Gasteiger partial charge in [-0.1, -0.05) is 31.4 Å². The second-order valence-electron chi connectivity index (χ2n) is 6.41. The molecule has 1 aromatic carbocycles. The van der Waals surface area contributed by atoms with E-state index in [0.717, 1.165) is 24.2 Å². The first kappa shape index (κ1) is 19.6. The molecule has 1 fully saturated rings. The van der Waals surface area contributed by atoms with Crippen LogP contribution in [-0.2, 0) is 16.1 Å². The summed E-state index contributed by atoms with van der Waals surface area (Å²) >= 11 is 1.38. The number of ether oxygens (including phenoxy) is 1. The number of rotatable bonds is 8. The third kappa shape index (κ3) is 6.61. The Morgan fingerprint density at radius 1 is 1.16 bits per heavy atom. The molecule has 0 aliphatic heterocycles. The lowest BCUT2D eigenvalue weighted by molar-refractivity contribution is -0.129. The fourth-order valence-corrected chi connectivity index (χ4v) is 3.77. The Morgan fingerprint density at radius 3 is 2.48 bits per heavy atom. The first-order valence-corrected chi connectivity index (χ1v) is 9.98. The minimum Gasteiger partial charge on any atom is -0.497 e. The fraction of sp³-hybridized carbons (Fsp3) is 0.579. The van der Waals surface area contributed by atoms with Crippen molar-refractivity contribution in [1.29, 1.82) is 0 Å². The van der Waals surface area contributed by atoms with Gasteiger partial charge in [-0.15, -0.1) is 11.8 Å². The average Bonchev–Trinajstić information content (AvgIpc) is 2.66. The molecule has 0 spiro atoms. The van der Waals surface area contributed by atoms with E-state index in [0.29, 0.717) is 24.1 Å². The van der Waals surface area contributed by atoms with Crippen LogP contribution in [0.4, 0.5) is 0 Å². The summed E-state index contributed by atoms with van der Waals surface area (Å²) in [6.07, 6.45) is 5.92. The fourth-order valence-electron chi connectivity index (χ4n) is 3.00. The highest BCUT2D eigenvalue weighted by Gasteiger charge is 2.21. The van der Waals surface area contributed by atoms with Crippen molar-refractivity contribution >= 4 is 23.6 Å². The van der Waals surface area contributed by atoms with Crippen molar-refractivity contribution in [3.05, 3.63) is 29.8 Å². The van der Waals surface area contributed by atoms with Crippen LogP contribution >= 0.6 is 11.8 Å². The predicted octanol–water partition coefficient (Wildman–Crippen LogP) is 2.84. The Bertz CT molecular complexity index is 556. The second kappa shape index (κ2) is 10.3. The largest absolute Gasteiger partial charge is 0.497 e. The molecule has 138 valence electrons. The smallest absolute Gasteiger partial charge is 0.232 e. The van der Waals surface area contributed by atoms with E-state index in [2.05, 4.69) is 5.32 Å². The molecule has 1 aromatic rings. The summed E-state index contributed by atoms with van der Waals surface area (Å²) < 4.78 is 5.11. The van der Waals surface area contributed by atoms with Gasteiger partial charge in [0.2, 0.25) is 11.8 Å². The third-order valence-electron chi connectivity index (χ3n) is 4.62. The molecule has 0 saturated heterocycles. The number of nitrogens with one attached hydrogen (secondary N) is 1. The van der Waals surface area contributed by atoms with E-state index in [-0.39, 0.29) is 11.8 Å². The summed E-state index contributed by atoms with van der Waals surface area (Å²) in [6.45, 7) is 0.485. The van der Waals surface area contributed by atoms with Gasteiger partial charge >= 0.3 is 0 Å². The number of hydrogen-bond donors (Lipinski definition) is 1. The van der Waals surface area contributed by atoms with E-state index < -0.39 is 0 Å². The number of carbonyl (C=O) groups excluding carboxylic acids is 2. The minimum atomic E-state index is -0.0473. The van der Waals surface area contributed by atoms with Crippen LogP contribution in [-0.4, -0.2) is 48.4 Å². The Hall–Kier alpha value is -1.69. The third-order valence-corrected chi connectivity index (χ3v) is 5.54. The molecule has 1 saturated carbocycles. The van der Waals surface area contributed by atoms with Crippen LogP contribution < -0.4 is 10.1 Å². The van der Waals surface area contributed by atoms with Gasteiger partial charge < -0.3 is 15.0 Å². The van der Waals surface area contributed by atoms with Crippen molar-refractivity contribution in [3.63, 3.8) is 0 Å². The molecular formula is C19H28N2O3S. The first-order chi connectivity index (χ1) is 12.1. The van der Waals surface area contributed by atoms with E-state index in [1.54, 1.807) is 7.11 Å². The maximum absolute atomic E-state index is 12.2. The first-order valence-electron chi connectivity index (χ1n) is 8.83. The van der Waals surface area contributed by atoms with Crippen molar-refractivity contribution in [1.82, 2.24) is 10.2 Å². The highest BCUT2D eigenvalue weighted by Crippen LogP contribution is 2.22. The maximum Gasteiger partial charge on any atom is 0.232 e. The van der Waals surface area contributed by atoms with Gasteiger partial charge in [0, 0.05) is 19.6 Å². The van der Waals surface area contributed by atoms with Crippen LogP contribution in [0.25, 0.3) is 0 Å². The van der Waals surface area contributed by atoms with E-state index >= 15 is 0 Å². The maximum atomic E-state index is 12.2. The molecule has 1 N–H and O–H groups in total. The molecule has 5 nitrogen and oxygen atoms in total. The van der Waals surface area contributed by atoms with Gasteiger partial charge in [-0.25, -0.2) is 0 Å². The molecule has 2 rings (SSSR count). The zero-order valence-electron chi connectivity index (χ0n) is 15.1. The van der Waals surface area contributed by atoms with Crippen LogP contribution in [0.5, 0.6) is 5.75 Å². The van der Waals surface area contributed by atoms with Gasteiger partial charge in [0.15, 0.2) is 0 Å². The van der Waals surface area contributed by atoms with Crippen LogP contribution in [0.15, 0.2) is 24.3 Å². The number of carbonyl (C=O) groups is 2. The monoisotopic (exact) mass is 364 g/mol. The lowest BCUT2D eigenvalue weighted by atomic mass is 9.94. The number of hydrogen-bond acceptors (Lipinski definition) is 4. The number of nitrogens with zero attached hydrogens (tertiary/aromatic N) is 1. The van der Waals surface area contributed by atoms with Crippen molar-refractivity contribution in [2.75, 3.05) is 25.7 Å². The second-order valence-corrected chi connectivity index (χ2v) is 7.40. The van der Waals surface area contributed by atoms with Gasteiger partial charge in [0.25, 0.3) is 0 Å². The molecule has 25 heavy (non-hydrogen) atoms. The number of methoxy groups -OCH3 is 1. The Balaban J connectivity index is 1.63. The predicted molar refractivity (Wildman–Crippen MR) is 102 cm³/mol. The molecule has 0 heterocycles. The van der Waals surface area contributed by atoms with Gasteiger partial charge in [-0.3, -0.25) is 9.59 Å². The van der Waals surface area contributed by atoms with Crippen LogP contribution in [0, 0.1) is 0 Å². The van der Waals surface area contributed by atoms with E-state index in [1.165, 1.54) is 31.0 Å². The highest BCUT2D eigenvalue weighted by molar-refractivity contribution is 8.00. The highest BCUT2D eigenvalue weighted by atomic mass is 32.2. The van der Waals surface area contributed by atoms with Crippen molar-refractivity contribution in [2.24, 2.45) is 0 Å². The van der Waals surface area contributed by atoms with E-state index in [1.807, 2.05) is 36.2 Å². The topological polar surface area (TPSA) is 58.6 Å². The number of thioether (sulfide) groups is 1. The minimum absolute atomic E-state index is 0.0473. The molecule has 0 bridgehead atoms. The Kier molecular flexibility index (Phi) is 8.12. The molecule has 1 aliphatic rings. The van der Waals surface area contributed by atoms with Gasteiger partial charge in [-0.2, -0.15) is 0 Å². The Labute approximate surface area is 154 Å². The summed E-state index contributed by atoms with van der Waals surface area (Å²) in [5.41, 5.74) is 1.02. The Morgan fingerprint density at radius 2 is 1.84 bits per heavy atom. The molecule has 0 radical (unpaired) electrons. The van der Waals surface area contributed by atoms with Crippen molar-refractivity contribution in [3.8, 4) is 5.75 Å². The summed E-state index contributed by atoms with van der Waals surface area (Å²) in [4.78, 5) is 26.0. The summed E-state index contributed by atoms with van der Waals surface area (Å²) in [6, 6.07) is 7.97. The molecular weight excluding hydrogens is 336 g/mol. The van der Waals surface area contributed by atoms with Crippen LogP contribution in [0.3, 0.4) is 0 Å². The standard InChI is InChI=1S/C19H28N2O3S/c1-21(16-6-4-3-5-7-16)19(23)14-25-13-18(22)20-12-15-8-10-17(24-2)11-9-15/h8-11,16H,3-7,12-14H2,1-2H3,(H,20,22).